The summed E-state index contributed by atoms with van der Waals surface area (Å²) in [6.07, 6.45) is 4.27. The summed E-state index contributed by atoms with van der Waals surface area (Å²) in [5.74, 6) is -0.0613. The van der Waals surface area contributed by atoms with Crippen molar-refractivity contribution in [3.8, 4) is 0 Å². The molecule has 1 aromatic carbocycles. The molecule has 0 saturated heterocycles. The first-order chi connectivity index (χ1) is 9.07. The van der Waals surface area contributed by atoms with Gasteiger partial charge in [-0.15, -0.1) is 0 Å². The number of aryl methyl sites for hydroxylation is 1. The third-order valence-corrected chi connectivity index (χ3v) is 4.91. The van der Waals surface area contributed by atoms with Gasteiger partial charge < -0.3 is 4.74 Å². The normalized spacial score (nSPS) is 29.8. The molecular weight excluding hydrogens is 243 g/mol. The number of carbonyl (C=O) groups is 1. The molecule has 0 N–H and O–H groups in total. The number of methoxy groups -OCH3 is 1. The second kappa shape index (κ2) is 4.41. The number of carbonyl (C=O) groups excluding carboxylic acids is 1. The maximum absolute atomic E-state index is 13.9. The van der Waals surface area contributed by atoms with Gasteiger partial charge in [-0.2, -0.15) is 0 Å². The average Bonchev–Trinajstić information content (AvgIpc) is 2.70. The summed E-state index contributed by atoms with van der Waals surface area (Å²) < 4.78 is 19.3. The Morgan fingerprint density at radius 3 is 2.58 bits per heavy atom. The van der Waals surface area contributed by atoms with Crippen molar-refractivity contribution in [3.63, 3.8) is 0 Å². The summed E-state index contributed by atoms with van der Waals surface area (Å²) in [6, 6.07) is 3.20. The molecule has 1 fully saturated rings. The Hall–Kier alpha value is -1.22. The summed E-state index contributed by atoms with van der Waals surface area (Å²) in [7, 11) is 1.72. The summed E-state index contributed by atoms with van der Waals surface area (Å²) in [6.45, 7) is 1.90. The number of ketones is 1. The van der Waals surface area contributed by atoms with Crippen LogP contribution < -0.4 is 0 Å². The molecule has 1 spiro atoms. The molecule has 1 aromatic rings. The van der Waals surface area contributed by atoms with Crippen molar-refractivity contribution >= 4 is 5.78 Å². The Morgan fingerprint density at radius 1 is 1.32 bits per heavy atom. The SMILES string of the molecule is COC1CCC2(CC1)Cc1c(F)ccc(C)c1C2=O. The number of Topliss-reactive ketones (excluding diaryl/α,β-unsaturated/α-hetero) is 1. The highest BCUT2D eigenvalue weighted by Gasteiger charge is 2.48. The van der Waals surface area contributed by atoms with E-state index in [9.17, 15) is 9.18 Å². The van der Waals surface area contributed by atoms with E-state index in [1.807, 2.05) is 6.92 Å². The third kappa shape index (κ3) is 1.83. The van der Waals surface area contributed by atoms with Crippen LogP contribution in [0.1, 0.15) is 47.2 Å². The van der Waals surface area contributed by atoms with Gasteiger partial charge in [-0.25, -0.2) is 4.39 Å². The van der Waals surface area contributed by atoms with Crippen LogP contribution in [0.4, 0.5) is 4.39 Å². The van der Waals surface area contributed by atoms with Crippen LogP contribution in [0.25, 0.3) is 0 Å². The number of benzene rings is 1. The molecule has 19 heavy (non-hydrogen) atoms. The van der Waals surface area contributed by atoms with Crippen molar-refractivity contribution in [1.82, 2.24) is 0 Å². The highest BCUT2D eigenvalue weighted by molar-refractivity contribution is 6.06. The molecule has 3 heteroatoms. The first-order valence-corrected chi connectivity index (χ1v) is 6.93. The summed E-state index contributed by atoms with van der Waals surface area (Å²) in [5, 5.41) is 0. The van der Waals surface area contributed by atoms with Crippen LogP contribution in [0, 0.1) is 18.2 Å². The molecule has 0 heterocycles. The quantitative estimate of drug-likeness (QED) is 0.775. The third-order valence-electron chi connectivity index (χ3n) is 4.91. The van der Waals surface area contributed by atoms with Crippen LogP contribution in [-0.4, -0.2) is 19.0 Å². The van der Waals surface area contributed by atoms with E-state index >= 15 is 0 Å². The predicted octanol–water partition coefficient (Wildman–Crippen LogP) is 3.45. The second-order valence-corrected chi connectivity index (χ2v) is 5.94. The zero-order valence-corrected chi connectivity index (χ0v) is 11.5. The van der Waals surface area contributed by atoms with Gasteiger partial charge in [-0.05, 0) is 56.2 Å². The van der Waals surface area contributed by atoms with E-state index < -0.39 is 0 Å². The lowest BCUT2D eigenvalue weighted by Gasteiger charge is -2.35. The van der Waals surface area contributed by atoms with E-state index in [1.54, 1.807) is 13.2 Å². The Morgan fingerprint density at radius 2 is 2.00 bits per heavy atom. The van der Waals surface area contributed by atoms with Gasteiger partial charge >= 0.3 is 0 Å². The summed E-state index contributed by atoms with van der Waals surface area (Å²) in [5.41, 5.74) is 1.84. The largest absolute Gasteiger partial charge is 0.381 e. The van der Waals surface area contributed by atoms with Gasteiger partial charge in [0.15, 0.2) is 5.78 Å². The molecule has 2 nitrogen and oxygen atoms in total. The number of hydrogen-bond acceptors (Lipinski definition) is 2. The van der Waals surface area contributed by atoms with Crippen molar-refractivity contribution < 1.29 is 13.9 Å². The second-order valence-electron chi connectivity index (χ2n) is 5.94. The summed E-state index contributed by atoms with van der Waals surface area (Å²) >= 11 is 0. The molecule has 102 valence electrons. The molecule has 0 atom stereocenters. The highest BCUT2D eigenvalue weighted by atomic mass is 19.1. The topological polar surface area (TPSA) is 26.3 Å². The van der Waals surface area contributed by atoms with Crippen molar-refractivity contribution in [1.29, 1.82) is 0 Å². The average molecular weight is 262 g/mol. The molecule has 3 rings (SSSR count). The van der Waals surface area contributed by atoms with E-state index in [0.717, 1.165) is 31.2 Å². The maximum Gasteiger partial charge on any atom is 0.169 e. The fourth-order valence-corrected chi connectivity index (χ4v) is 3.70. The van der Waals surface area contributed by atoms with Crippen molar-refractivity contribution in [2.24, 2.45) is 5.41 Å². The maximum atomic E-state index is 13.9. The molecule has 0 aliphatic heterocycles. The minimum Gasteiger partial charge on any atom is -0.381 e. The molecule has 0 bridgehead atoms. The molecule has 0 unspecified atom stereocenters. The number of hydrogen-bond donors (Lipinski definition) is 0. The monoisotopic (exact) mass is 262 g/mol. The van der Waals surface area contributed by atoms with Gasteiger partial charge in [0.1, 0.15) is 5.82 Å². The number of fused-ring (bicyclic) bond motifs is 1. The molecule has 0 amide bonds. The van der Waals surface area contributed by atoms with Crippen LogP contribution in [0.15, 0.2) is 12.1 Å². The van der Waals surface area contributed by atoms with E-state index in [2.05, 4.69) is 0 Å². The van der Waals surface area contributed by atoms with E-state index in [4.69, 9.17) is 4.74 Å². The van der Waals surface area contributed by atoms with Gasteiger partial charge in [-0.1, -0.05) is 6.07 Å². The first-order valence-electron chi connectivity index (χ1n) is 6.93. The molecule has 0 aromatic heterocycles. The van der Waals surface area contributed by atoms with E-state index in [1.165, 1.54) is 6.07 Å². The molecular formula is C16H19FO2. The minimum absolute atomic E-state index is 0.161. The van der Waals surface area contributed by atoms with Crippen LogP contribution in [0.5, 0.6) is 0 Å². The molecule has 1 saturated carbocycles. The lowest BCUT2D eigenvalue weighted by atomic mass is 9.70. The van der Waals surface area contributed by atoms with Crippen molar-refractivity contribution in [3.05, 3.63) is 34.6 Å². The summed E-state index contributed by atoms with van der Waals surface area (Å²) in [4.78, 5) is 12.7. The van der Waals surface area contributed by atoms with Crippen molar-refractivity contribution in [2.75, 3.05) is 7.11 Å². The highest BCUT2D eigenvalue weighted by Crippen LogP contribution is 2.48. The molecule has 0 radical (unpaired) electrons. The minimum atomic E-state index is -0.357. The first kappa shape index (κ1) is 12.8. The lowest BCUT2D eigenvalue weighted by molar-refractivity contribution is 0.0284. The number of rotatable bonds is 1. The van der Waals surface area contributed by atoms with Gasteiger partial charge in [0, 0.05) is 18.1 Å². The smallest absolute Gasteiger partial charge is 0.169 e. The van der Waals surface area contributed by atoms with E-state index in [0.29, 0.717) is 17.5 Å². The lowest BCUT2D eigenvalue weighted by Crippen LogP contribution is -2.35. The fourth-order valence-electron chi connectivity index (χ4n) is 3.70. The Bertz CT molecular complexity index is 528. The number of halogens is 1. The Kier molecular flexibility index (Phi) is 2.97. The van der Waals surface area contributed by atoms with Crippen molar-refractivity contribution in [2.45, 2.75) is 45.1 Å². The van der Waals surface area contributed by atoms with Gasteiger partial charge in [0.05, 0.1) is 6.10 Å². The van der Waals surface area contributed by atoms with Crippen LogP contribution in [0.2, 0.25) is 0 Å². The standard InChI is InChI=1S/C16H19FO2/c1-10-3-4-13(17)12-9-16(15(18)14(10)12)7-5-11(19-2)6-8-16/h3-4,11H,5-9H2,1-2H3. The number of ether oxygens (including phenoxy) is 1. The van der Waals surface area contributed by atoms with E-state index in [-0.39, 0.29) is 23.1 Å². The molecule has 2 aliphatic carbocycles. The van der Waals surface area contributed by atoms with Gasteiger partial charge in [-0.3, -0.25) is 4.79 Å². The Labute approximate surface area is 113 Å². The van der Waals surface area contributed by atoms with Crippen LogP contribution >= 0.6 is 0 Å². The fraction of sp³-hybridized carbons (Fsp3) is 0.562. The molecule has 2 aliphatic rings. The predicted molar refractivity (Wildman–Crippen MR) is 70.9 cm³/mol. The Balaban J connectivity index is 1.96. The zero-order chi connectivity index (χ0) is 13.6. The van der Waals surface area contributed by atoms with Crippen LogP contribution in [-0.2, 0) is 11.2 Å². The van der Waals surface area contributed by atoms with Gasteiger partial charge in [0.25, 0.3) is 0 Å². The van der Waals surface area contributed by atoms with Crippen LogP contribution in [0.3, 0.4) is 0 Å². The zero-order valence-electron chi connectivity index (χ0n) is 11.5. The van der Waals surface area contributed by atoms with Gasteiger partial charge in [0.2, 0.25) is 0 Å².